The average Bonchev–Trinajstić information content (AvgIpc) is 2.83. The van der Waals surface area contributed by atoms with E-state index in [-0.39, 0.29) is 0 Å². The highest BCUT2D eigenvalue weighted by Gasteiger charge is 2.35. The molecule has 0 amide bonds. The number of hydrogen-bond donors (Lipinski definition) is 1. The molecular weight excluding hydrogens is 487 g/mol. The molecule has 0 bridgehead atoms. The lowest BCUT2D eigenvalue weighted by Crippen LogP contribution is -2.11. The number of halogens is 11. The number of nitrogens with two attached hydrogens (primary N) is 1. The largest absolute Gasteiger partial charge is 0.394 e. The fourth-order valence-corrected chi connectivity index (χ4v) is 3.13. The van der Waals surface area contributed by atoms with E-state index in [0.717, 1.165) is 0 Å². The van der Waals surface area contributed by atoms with Crippen LogP contribution in [0.2, 0.25) is 0 Å². The Morgan fingerprint density at radius 2 is 0.676 bits per heavy atom. The van der Waals surface area contributed by atoms with E-state index in [1.807, 2.05) is 13.8 Å². The molecule has 0 aliphatic heterocycles. The van der Waals surface area contributed by atoms with Crippen molar-refractivity contribution in [2.24, 2.45) is 0 Å². The van der Waals surface area contributed by atoms with Gasteiger partial charge >= 0.3 is 0 Å². The Bertz CT molecular complexity index is 1160. The van der Waals surface area contributed by atoms with Gasteiger partial charge in [-0.05, 0) is 19.4 Å². The number of anilines is 1. The van der Waals surface area contributed by atoms with E-state index >= 15 is 4.39 Å². The maximum atomic E-state index is 15.2. The summed E-state index contributed by atoms with van der Waals surface area (Å²) in [5.74, 6) is -24.9. The predicted molar refractivity (Wildman–Crippen MR) is 102 cm³/mol. The van der Waals surface area contributed by atoms with Crippen LogP contribution in [0.4, 0.5) is 54.0 Å². The van der Waals surface area contributed by atoms with Crippen LogP contribution >= 0.6 is 0 Å². The SMILES string of the molecule is CC.Cc1c(F)c(-c2c(C)c(F)c(F)c(F)c2F)c(F)c(-c2c(F)c(F)c(N)c(F)c2F)c1F. The third kappa shape index (κ3) is 3.74. The zero-order valence-electron chi connectivity index (χ0n) is 17.7. The molecular formula is C22H14F11N. The van der Waals surface area contributed by atoms with Gasteiger partial charge in [0.1, 0.15) is 23.1 Å². The summed E-state index contributed by atoms with van der Waals surface area (Å²) < 4.78 is 156. The molecule has 0 fully saturated rings. The molecule has 0 radical (unpaired) electrons. The Morgan fingerprint density at radius 1 is 0.353 bits per heavy atom. The Balaban J connectivity index is 0.00000199. The first-order chi connectivity index (χ1) is 15.7. The Labute approximate surface area is 185 Å². The number of nitrogen functional groups attached to an aromatic ring is 1. The molecule has 0 aliphatic rings. The smallest absolute Gasteiger partial charge is 0.198 e. The minimum Gasteiger partial charge on any atom is -0.394 e. The van der Waals surface area contributed by atoms with Crippen molar-refractivity contribution in [1.82, 2.24) is 0 Å². The molecule has 12 heteroatoms. The average molecular weight is 501 g/mol. The Morgan fingerprint density at radius 3 is 1.12 bits per heavy atom. The highest BCUT2D eigenvalue weighted by Crippen LogP contribution is 2.43. The van der Waals surface area contributed by atoms with Crippen molar-refractivity contribution in [2.75, 3.05) is 5.73 Å². The molecule has 0 unspecified atom stereocenters. The van der Waals surface area contributed by atoms with Gasteiger partial charge in [-0.25, -0.2) is 48.3 Å². The molecule has 1 nitrogen and oxygen atoms in total. The van der Waals surface area contributed by atoms with E-state index in [1.54, 1.807) is 0 Å². The second kappa shape index (κ2) is 9.51. The van der Waals surface area contributed by atoms with E-state index in [1.165, 1.54) is 0 Å². The fourth-order valence-electron chi connectivity index (χ4n) is 3.13. The molecule has 3 aromatic carbocycles. The van der Waals surface area contributed by atoms with Gasteiger partial charge in [0.05, 0.1) is 16.7 Å². The molecule has 184 valence electrons. The summed E-state index contributed by atoms with van der Waals surface area (Å²) in [7, 11) is 0. The first-order valence-electron chi connectivity index (χ1n) is 9.37. The standard InChI is InChI=1S/C20H8F11N.C2H6/c1-3-5(13(25)17(29)16(28)11(3)23)6-9(21)4(2)10(22)7(12(6)24)8-14(26)18(30)20(32)19(31)15(8)27;1-2/h32H2,1-2H3;1-2H3. The highest BCUT2D eigenvalue weighted by molar-refractivity contribution is 5.79. The summed E-state index contributed by atoms with van der Waals surface area (Å²) in [5, 5.41) is 0. The fraction of sp³-hybridized carbons (Fsp3) is 0.182. The van der Waals surface area contributed by atoms with Crippen molar-refractivity contribution in [3.8, 4) is 22.3 Å². The summed E-state index contributed by atoms with van der Waals surface area (Å²) in [5.41, 5.74) is -6.59. The van der Waals surface area contributed by atoms with Gasteiger partial charge in [-0.2, -0.15) is 0 Å². The Hall–Kier alpha value is -3.31. The van der Waals surface area contributed by atoms with Gasteiger partial charge in [0.25, 0.3) is 0 Å². The summed E-state index contributed by atoms with van der Waals surface area (Å²) in [6, 6.07) is 0. The van der Waals surface area contributed by atoms with Crippen LogP contribution in [0.3, 0.4) is 0 Å². The van der Waals surface area contributed by atoms with Crippen molar-refractivity contribution in [2.45, 2.75) is 27.7 Å². The van der Waals surface area contributed by atoms with Crippen LogP contribution in [0, 0.1) is 77.8 Å². The van der Waals surface area contributed by atoms with Gasteiger partial charge in [-0.3, -0.25) is 0 Å². The van der Waals surface area contributed by atoms with Gasteiger partial charge in [-0.15, -0.1) is 0 Å². The van der Waals surface area contributed by atoms with Crippen molar-refractivity contribution >= 4 is 5.69 Å². The van der Waals surface area contributed by atoms with E-state index in [2.05, 4.69) is 0 Å². The van der Waals surface area contributed by atoms with E-state index in [4.69, 9.17) is 5.73 Å². The first-order valence-corrected chi connectivity index (χ1v) is 9.37. The molecule has 3 rings (SSSR count). The Kier molecular flexibility index (Phi) is 7.54. The van der Waals surface area contributed by atoms with Crippen LogP contribution < -0.4 is 5.73 Å². The van der Waals surface area contributed by atoms with Crippen molar-refractivity contribution in [1.29, 1.82) is 0 Å². The zero-order valence-corrected chi connectivity index (χ0v) is 17.7. The molecule has 0 spiro atoms. The van der Waals surface area contributed by atoms with E-state index in [9.17, 15) is 43.9 Å². The lowest BCUT2D eigenvalue weighted by Gasteiger charge is -2.18. The minimum atomic E-state index is -2.49. The number of hydrogen-bond acceptors (Lipinski definition) is 1. The third-order valence-corrected chi connectivity index (χ3v) is 4.84. The van der Waals surface area contributed by atoms with Crippen LogP contribution in [-0.4, -0.2) is 0 Å². The van der Waals surface area contributed by atoms with Crippen LogP contribution in [0.1, 0.15) is 25.0 Å². The second-order valence-corrected chi connectivity index (χ2v) is 6.62. The molecule has 0 atom stereocenters. The monoisotopic (exact) mass is 501 g/mol. The quantitative estimate of drug-likeness (QED) is 0.165. The molecule has 0 saturated heterocycles. The van der Waals surface area contributed by atoms with Gasteiger partial charge in [0.15, 0.2) is 46.5 Å². The van der Waals surface area contributed by atoms with Crippen molar-refractivity contribution in [3.63, 3.8) is 0 Å². The van der Waals surface area contributed by atoms with Crippen molar-refractivity contribution < 1.29 is 48.3 Å². The van der Waals surface area contributed by atoms with Crippen LogP contribution in [-0.2, 0) is 0 Å². The molecule has 0 saturated carbocycles. The van der Waals surface area contributed by atoms with Crippen LogP contribution in [0.25, 0.3) is 22.3 Å². The normalized spacial score (nSPS) is 10.9. The molecule has 0 aromatic heterocycles. The van der Waals surface area contributed by atoms with Gasteiger partial charge in [0.2, 0.25) is 0 Å². The van der Waals surface area contributed by atoms with E-state index in [0.29, 0.717) is 13.8 Å². The highest BCUT2D eigenvalue weighted by atomic mass is 19.2. The van der Waals surface area contributed by atoms with Gasteiger partial charge < -0.3 is 5.73 Å². The maximum absolute atomic E-state index is 15.2. The molecule has 0 heterocycles. The summed E-state index contributed by atoms with van der Waals surface area (Å²) in [4.78, 5) is 0. The topological polar surface area (TPSA) is 26.0 Å². The van der Waals surface area contributed by atoms with Gasteiger partial charge in [-0.1, -0.05) is 13.8 Å². The summed E-state index contributed by atoms with van der Waals surface area (Å²) in [6.07, 6.45) is 0. The molecule has 3 aromatic rings. The third-order valence-electron chi connectivity index (χ3n) is 4.84. The molecule has 34 heavy (non-hydrogen) atoms. The zero-order chi connectivity index (χ0) is 26.4. The molecule has 2 N–H and O–H groups in total. The second-order valence-electron chi connectivity index (χ2n) is 6.62. The first kappa shape index (κ1) is 26.9. The predicted octanol–water partition coefficient (Wildman–Crippen LogP) is 7.78. The minimum absolute atomic E-state index is 0.556. The number of benzene rings is 3. The van der Waals surface area contributed by atoms with E-state index < -0.39 is 103 Å². The summed E-state index contributed by atoms with van der Waals surface area (Å²) >= 11 is 0. The lowest BCUT2D eigenvalue weighted by molar-refractivity contribution is 0.407. The summed E-state index contributed by atoms with van der Waals surface area (Å²) in [6.45, 7) is 5.14. The molecule has 0 aliphatic carbocycles. The van der Waals surface area contributed by atoms with Crippen LogP contribution in [0.15, 0.2) is 0 Å². The maximum Gasteiger partial charge on any atom is 0.198 e. The number of rotatable bonds is 2. The van der Waals surface area contributed by atoms with Crippen molar-refractivity contribution in [3.05, 3.63) is 75.1 Å². The lowest BCUT2D eigenvalue weighted by atomic mass is 9.90. The van der Waals surface area contributed by atoms with Gasteiger partial charge in [0, 0.05) is 11.1 Å². The van der Waals surface area contributed by atoms with Crippen LogP contribution in [0.5, 0.6) is 0 Å².